The first-order valence-electron chi connectivity index (χ1n) is 19.8. The van der Waals surface area contributed by atoms with Crippen LogP contribution in [0.5, 0.6) is 0 Å². The van der Waals surface area contributed by atoms with Gasteiger partial charge in [0.2, 0.25) is 17.7 Å². The molecule has 12 heteroatoms. The second kappa shape index (κ2) is 17.6. The Balaban J connectivity index is 1.18. The molecule has 3 aliphatic rings. The van der Waals surface area contributed by atoms with Gasteiger partial charge in [0.05, 0.1) is 6.04 Å². The number of hydrogen-bond acceptors (Lipinski definition) is 7. The normalized spacial score (nSPS) is 19.2. The van der Waals surface area contributed by atoms with Crippen molar-refractivity contribution in [3.63, 3.8) is 0 Å². The molecule has 3 aromatic rings. The predicted molar refractivity (Wildman–Crippen MR) is 212 cm³/mol. The number of carbonyl (C=O) groups is 5. The van der Waals surface area contributed by atoms with Crippen LogP contribution in [-0.2, 0) is 30.4 Å². The number of hydrogen-bond donors (Lipinski definition) is 3. The quantitative estimate of drug-likeness (QED) is 0.213. The van der Waals surface area contributed by atoms with Crippen LogP contribution in [0.3, 0.4) is 0 Å². The first-order chi connectivity index (χ1) is 26.8. The summed E-state index contributed by atoms with van der Waals surface area (Å²) in [6.07, 6.45) is 3.18. The molecule has 4 atom stereocenters. The molecule has 1 saturated carbocycles. The average molecular weight is 766 g/mol. The fraction of sp³-hybridized carbons (Fsp3) is 0.477. The van der Waals surface area contributed by atoms with Gasteiger partial charge in [-0.3, -0.25) is 19.3 Å². The molecule has 0 bridgehead atoms. The molecule has 0 radical (unpaired) electrons. The minimum Gasteiger partial charge on any atom is -0.449 e. The van der Waals surface area contributed by atoms with E-state index in [4.69, 9.17) is 9.47 Å². The smallest absolute Gasteiger partial charge is 0.410 e. The Morgan fingerprint density at radius 3 is 2.09 bits per heavy atom. The zero-order valence-corrected chi connectivity index (χ0v) is 33.1. The van der Waals surface area contributed by atoms with E-state index >= 15 is 0 Å². The van der Waals surface area contributed by atoms with E-state index < -0.39 is 53.8 Å². The maximum absolute atomic E-state index is 14.7. The summed E-state index contributed by atoms with van der Waals surface area (Å²) < 4.78 is 11.3. The van der Waals surface area contributed by atoms with E-state index in [1.54, 1.807) is 27.7 Å². The molecule has 298 valence electrons. The molecule has 1 heterocycles. The van der Waals surface area contributed by atoms with Crippen molar-refractivity contribution in [2.24, 2.45) is 5.92 Å². The molecule has 12 nitrogen and oxygen atoms in total. The lowest BCUT2D eigenvalue weighted by Gasteiger charge is -2.36. The second-order valence-corrected chi connectivity index (χ2v) is 16.3. The Kier molecular flexibility index (Phi) is 12.7. The van der Waals surface area contributed by atoms with E-state index in [1.807, 2.05) is 54.6 Å². The number of alkyl carbamates (subject to hydrolysis) is 1. The second-order valence-electron chi connectivity index (χ2n) is 16.3. The lowest BCUT2D eigenvalue weighted by Crippen LogP contribution is -2.59. The van der Waals surface area contributed by atoms with Gasteiger partial charge in [0.25, 0.3) is 0 Å². The summed E-state index contributed by atoms with van der Waals surface area (Å²) in [5.74, 6) is -1.54. The molecule has 56 heavy (non-hydrogen) atoms. The monoisotopic (exact) mass is 765 g/mol. The average Bonchev–Trinajstić information content (AvgIpc) is 3.76. The molecule has 3 aromatic carbocycles. The molecule has 2 aliphatic carbocycles. The number of carbonyl (C=O) groups excluding carboxylic acids is 5. The summed E-state index contributed by atoms with van der Waals surface area (Å²) >= 11 is 0. The molecule has 6 rings (SSSR count). The van der Waals surface area contributed by atoms with Crippen LogP contribution in [0.1, 0.15) is 88.8 Å². The van der Waals surface area contributed by atoms with Gasteiger partial charge in [-0.1, -0.05) is 98.1 Å². The number of likely N-dealkylation sites (tertiary alicyclic amines) is 1. The summed E-state index contributed by atoms with van der Waals surface area (Å²) in [5, 5.41) is 8.90. The Morgan fingerprint density at radius 2 is 1.46 bits per heavy atom. The van der Waals surface area contributed by atoms with Crippen molar-refractivity contribution in [1.29, 1.82) is 0 Å². The number of amides is 5. The van der Waals surface area contributed by atoms with Crippen LogP contribution in [0.4, 0.5) is 9.59 Å². The molecular formula is C44H55N5O7. The number of nitrogens with zero attached hydrogens (tertiary/aromatic N) is 2. The maximum atomic E-state index is 14.7. The van der Waals surface area contributed by atoms with Crippen molar-refractivity contribution < 1.29 is 33.4 Å². The lowest BCUT2D eigenvalue weighted by atomic mass is 9.83. The van der Waals surface area contributed by atoms with E-state index in [1.165, 1.54) is 16.8 Å². The molecule has 2 fully saturated rings. The maximum Gasteiger partial charge on any atom is 0.410 e. The van der Waals surface area contributed by atoms with Crippen LogP contribution >= 0.6 is 0 Å². The zero-order valence-electron chi connectivity index (χ0n) is 33.1. The number of ether oxygens (including phenoxy) is 2. The van der Waals surface area contributed by atoms with Gasteiger partial charge < -0.3 is 30.3 Å². The van der Waals surface area contributed by atoms with Crippen molar-refractivity contribution >= 4 is 29.9 Å². The summed E-state index contributed by atoms with van der Waals surface area (Å²) in [6.45, 7) is 7.28. The van der Waals surface area contributed by atoms with Crippen LogP contribution in [0.25, 0.3) is 11.1 Å². The van der Waals surface area contributed by atoms with E-state index in [0.717, 1.165) is 59.9 Å². The van der Waals surface area contributed by atoms with Gasteiger partial charge in [-0.15, -0.1) is 0 Å². The molecule has 1 aliphatic heterocycles. The number of benzene rings is 3. The SMILES string of the molecule is C[C@@H](C(=O)N[C@H](C(=O)N1C[C@@H](NC(=O)OCC2c3ccccc3-c3ccccc32)C[C@H]1C(=O)NCc1ccccc1)C1CCCCC1)N(C)C(=O)OC(C)(C)C. The van der Waals surface area contributed by atoms with Gasteiger partial charge in [-0.25, -0.2) is 9.59 Å². The zero-order chi connectivity index (χ0) is 40.0. The third-order valence-electron chi connectivity index (χ3n) is 11.2. The van der Waals surface area contributed by atoms with Crippen LogP contribution in [0.15, 0.2) is 78.9 Å². The van der Waals surface area contributed by atoms with E-state index in [0.29, 0.717) is 0 Å². The molecule has 0 aromatic heterocycles. The van der Waals surface area contributed by atoms with Gasteiger partial charge >= 0.3 is 12.2 Å². The number of nitrogens with one attached hydrogen (secondary N) is 3. The molecule has 0 spiro atoms. The standard InChI is InChI=1S/C44H55N5O7/c1-28(48(5)43(54)56-44(2,3)4)39(50)47-38(30-18-10-7-11-19-30)41(52)49-26-31(24-37(49)40(51)45-25-29-16-8-6-9-17-29)46-42(53)55-27-36-34-22-14-12-20-32(34)33-21-13-15-23-35(33)36/h6,8-9,12-17,20-23,28,30-31,36-38H,7,10-11,18-19,24-27H2,1-5H3,(H,45,51)(H,46,53)(H,47,50)/t28-,31-,37-,38-/m0/s1. The third-order valence-corrected chi connectivity index (χ3v) is 11.2. The molecule has 1 saturated heterocycles. The molecular weight excluding hydrogens is 711 g/mol. The Morgan fingerprint density at radius 1 is 0.857 bits per heavy atom. The number of likely N-dealkylation sites (N-methyl/N-ethyl adjacent to an activating group) is 1. The minimum absolute atomic E-state index is 0.0545. The summed E-state index contributed by atoms with van der Waals surface area (Å²) in [7, 11) is 1.49. The Hall–Kier alpha value is -5.39. The number of fused-ring (bicyclic) bond motifs is 3. The van der Waals surface area contributed by atoms with Gasteiger partial charge in [0, 0.05) is 26.1 Å². The van der Waals surface area contributed by atoms with Gasteiger partial charge in [0.1, 0.15) is 30.3 Å². The van der Waals surface area contributed by atoms with Crippen LogP contribution < -0.4 is 16.0 Å². The number of rotatable bonds is 11. The fourth-order valence-corrected chi connectivity index (χ4v) is 8.11. The third kappa shape index (κ3) is 9.52. The molecule has 5 amide bonds. The predicted octanol–water partition coefficient (Wildman–Crippen LogP) is 6.13. The van der Waals surface area contributed by atoms with Crippen molar-refractivity contribution in [3.05, 3.63) is 95.6 Å². The topological polar surface area (TPSA) is 146 Å². The van der Waals surface area contributed by atoms with Crippen molar-refractivity contribution in [2.75, 3.05) is 20.2 Å². The van der Waals surface area contributed by atoms with Gasteiger partial charge in [0.15, 0.2) is 0 Å². The molecule has 0 unspecified atom stereocenters. The fourth-order valence-electron chi connectivity index (χ4n) is 8.11. The highest BCUT2D eigenvalue weighted by molar-refractivity contribution is 5.94. The minimum atomic E-state index is -0.935. The Labute approximate surface area is 329 Å². The Bertz CT molecular complexity index is 1840. The molecule has 3 N–H and O–H groups in total. The van der Waals surface area contributed by atoms with Gasteiger partial charge in [-0.05, 0) is 80.7 Å². The van der Waals surface area contributed by atoms with Crippen molar-refractivity contribution in [2.45, 2.75) is 108 Å². The highest BCUT2D eigenvalue weighted by Crippen LogP contribution is 2.44. The van der Waals surface area contributed by atoms with Gasteiger partial charge in [-0.2, -0.15) is 0 Å². The van der Waals surface area contributed by atoms with E-state index in [-0.39, 0.29) is 43.9 Å². The van der Waals surface area contributed by atoms with Crippen LogP contribution in [0, 0.1) is 5.92 Å². The van der Waals surface area contributed by atoms with Crippen LogP contribution in [0.2, 0.25) is 0 Å². The first kappa shape index (κ1) is 40.3. The highest BCUT2D eigenvalue weighted by atomic mass is 16.6. The summed E-state index contributed by atoms with van der Waals surface area (Å²) in [5.41, 5.74) is 4.58. The van der Waals surface area contributed by atoms with E-state index in [9.17, 15) is 24.0 Å². The van der Waals surface area contributed by atoms with Crippen molar-refractivity contribution in [1.82, 2.24) is 25.8 Å². The summed E-state index contributed by atoms with van der Waals surface area (Å²) in [6, 6.07) is 22.3. The summed E-state index contributed by atoms with van der Waals surface area (Å²) in [4.78, 5) is 71.4. The highest BCUT2D eigenvalue weighted by Gasteiger charge is 2.45. The van der Waals surface area contributed by atoms with E-state index in [2.05, 4.69) is 40.2 Å². The first-order valence-corrected chi connectivity index (χ1v) is 19.8. The van der Waals surface area contributed by atoms with Crippen LogP contribution in [-0.4, -0.2) is 89.7 Å². The van der Waals surface area contributed by atoms with Crippen molar-refractivity contribution in [3.8, 4) is 11.1 Å². The largest absolute Gasteiger partial charge is 0.449 e. The lowest BCUT2D eigenvalue weighted by molar-refractivity contribution is -0.143.